The Kier molecular flexibility index (Phi) is 3.17. The van der Waals surface area contributed by atoms with Crippen LogP contribution in [0.1, 0.15) is 27.6 Å². The van der Waals surface area contributed by atoms with E-state index >= 15 is 0 Å². The normalized spacial score (nSPS) is 13.7. The van der Waals surface area contributed by atoms with Gasteiger partial charge in [0.1, 0.15) is 6.54 Å². The zero-order chi connectivity index (χ0) is 15.0. The van der Waals surface area contributed by atoms with Gasteiger partial charge in [0.05, 0.1) is 0 Å². The maximum absolute atomic E-state index is 12.5. The molecule has 0 bridgehead atoms. The molecule has 0 saturated heterocycles. The van der Waals surface area contributed by atoms with Gasteiger partial charge in [-0.25, -0.2) is 0 Å². The Bertz CT molecular complexity index is 716. The predicted molar refractivity (Wildman–Crippen MR) is 78.0 cm³/mol. The standard InChI is InChI=1S/C16H14N2O3/c1-2-17-13(19)9-18-15(20)11-7-3-5-10-6-4-8-12(14(10)11)16(18)21/h3-8H,2,9H2,1H3,(H,17,19). The number of benzene rings is 2. The Morgan fingerprint density at radius 2 is 1.62 bits per heavy atom. The minimum atomic E-state index is -0.421. The Balaban J connectivity index is 2.09. The van der Waals surface area contributed by atoms with Gasteiger partial charge in [0, 0.05) is 23.1 Å². The molecule has 0 aliphatic carbocycles. The van der Waals surface area contributed by atoms with Gasteiger partial charge < -0.3 is 5.32 Å². The quantitative estimate of drug-likeness (QED) is 0.869. The third-order valence-corrected chi connectivity index (χ3v) is 3.53. The summed E-state index contributed by atoms with van der Waals surface area (Å²) in [4.78, 5) is 37.7. The first-order valence-corrected chi connectivity index (χ1v) is 6.78. The molecule has 2 aromatic carbocycles. The van der Waals surface area contributed by atoms with Crippen molar-refractivity contribution in [1.29, 1.82) is 0 Å². The molecule has 0 unspecified atom stereocenters. The molecule has 106 valence electrons. The van der Waals surface area contributed by atoms with E-state index in [4.69, 9.17) is 0 Å². The van der Waals surface area contributed by atoms with Gasteiger partial charge >= 0.3 is 0 Å². The van der Waals surface area contributed by atoms with Crippen LogP contribution < -0.4 is 5.32 Å². The van der Waals surface area contributed by atoms with Crippen LogP contribution in [0.2, 0.25) is 0 Å². The minimum Gasteiger partial charge on any atom is -0.355 e. The summed E-state index contributed by atoms with van der Waals surface area (Å²) in [6, 6.07) is 10.7. The number of rotatable bonds is 3. The third-order valence-electron chi connectivity index (χ3n) is 3.53. The summed E-state index contributed by atoms with van der Waals surface area (Å²) >= 11 is 0. The number of carbonyl (C=O) groups is 3. The van der Waals surface area contributed by atoms with Crippen molar-refractivity contribution in [2.24, 2.45) is 0 Å². The second kappa shape index (κ2) is 5.01. The van der Waals surface area contributed by atoms with Crippen molar-refractivity contribution < 1.29 is 14.4 Å². The summed E-state index contributed by atoms with van der Waals surface area (Å²) in [5.74, 6) is -1.18. The molecule has 0 aromatic heterocycles. The molecule has 1 heterocycles. The highest BCUT2D eigenvalue weighted by Gasteiger charge is 2.33. The fourth-order valence-corrected chi connectivity index (χ4v) is 2.62. The van der Waals surface area contributed by atoms with Gasteiger partial charge in [0.2, 0.25) is 5.91 Å². The van der Waals surface area contributed by atoms with E-state index in [1.54, 1.807) is 31.2 Å². The number of amides is 3. The lowest BCUT2D eigenvalue weighted by atomic mass is 9.94. The van der Waals surface area contributed by atoms with Crippen molar-refractivity contribution >= 4 is 28.5 Å². The fraction of sp³-hybridized carbons (Fsp3) is 0.188. The number of carbonyl (C=O) groups excluding carboxylic acids is 3. The summed E-state index contributed by atoms with van der Waals surface area (Å²) in [5, 5.41) is 4.12. The molecule has 0 saturated carbocycles. The van der Waals surface area contributed by atoms with Gasteiger partial charge in [0.15, 0.2) is 0 Å². The van der Waals surface area contributed by atoms with E-state index in [0.717, 1.165) is 10.3 Å². The summed E-state index contributed by atoms with van der Waals surface area (Å²) in [6.45, 7) is 1.99. The number of imide groups is 1. The summed E-state index contributed by atoms with van der Waals surface area (Å²) in [5.41, 5.74) is 0.930. The largest absolute Gasteiger partial charge is 0.355 e. The zero-order valence-corrected chi connectivity index (χ0v) is 11.6. The first-order valence-electron chi connectivity index (χ1n) is 6.78. The van der Waals surface area contributed by atoms with Crippen LogP contribution >= 0.6 is 0 Å². The molecule has 21 heavy (non-hydrogen) atoms. The smallest absolute Gasteiger partial charge is 0.261 e. The van der Waals surface area contributed by atoms with Gasteiger partial charge in [-0.15, -0.1) is 0 Å². The highest BCUT2D eigenvalue weighted by molar-refractivity contribution is 6.26. The van der Waals surface area contributed by atoms with Crippen LogP contribution in [0.25, 0.3) is 10.8 Å². The van der Waals surface area contributed by atoms with Crippen molar-refractivity contribution in [3.8, 4) is 0 Å². The van der Waals surface area contributed by atoms with Crippen LogP contribution in [0.3, 0.4) is 0 Å². The third kappa shape index (κ3) is 2.07. The lowest BCUT2D eigenvalue weighted by Gasteiger charge is -2.26. The number of likely N-dealkylation sites (N-methyl/N-ethyl adjacent to an activating group) is 1. The first kappa shape index (κ1) is 13.3. The molecule has 0 fully saturated rings. The maximum Gasteiger partial charge on any atom is 0.261 e. The van der Waals surface area contributed by atoms with Crippen LogP contribution in [0, 0.1) is 0 Å². The lowest BCUT2D eigenvalue weighted by Crippen LogP contribution is -2.46. The van der Waals surface area contributed by atoms with Crippen LogP contribution in [0.15, 0.2) is 36.4 Å². The molecule has 5 nitrogen and oxygen atoms in total. The Morgan fingerprint density at radius 1 is 1.05 bits per heavy atom. The van der Waals surface area contributed by atoms with Crippen LogP contribution in [0.4, 0.5) is 0 Å². The summed E-state index contributed by atoms with van der Waals surface area (Å²) in [6.07, 6.45) is 0. The fourth-order valence-electron chi connectivity index (χ4n) is 2.62. The molecule has 1 aliphatic rings. The molecule has 0 atom stereocenters. The molecule has 1 N–H and O–H groups in total. The van der Waals surface area contributed by atoms with Crippen molar-refractivity contribution in [3.63, 3.8) is 0 Å². The average molecular weight is 282 g/mol. The summed E-state index contributed by atoms with van der Waals surface area (Å²) < 4.78 is 0. The highest BCUT2D eigenvalue weighted by Crippen LogP contribution is 2.29. The van der Waals surface area contributed by atoms with Gasteiger partial charge in [-0.1, -0.05) is 24.3 Å². The van der Waals surface area contributed by atoms with E-state index in [9.17, 15) is 14.4 Å². The minimum absolute atomic E-state index is 0.254. The van der Waals surface area contributed by atoms with E-state index in [1.165, 1.54) is 0 Å². The van der Waals surface area contributed by atoms with Crippen molar-refractivity contribution in [1.82, 2.24) is 10.2 Å². The van der Waals surface area contributed by atoms with E-state index in [2.05, 4.69) is 5.32 Å². The molecule has 0 spiro atoms. The second-order valence-corrected chi connectivity index (χ2v) is 4.86. The molecular weight excluding hydrogens is 268 g/mol. The van der Waals surface area contributed by atoms with E-state index in [0.29, 0.717) is 23.1 Å². The van der Waals surface area contributed by atoms with Gasteiger partial charge in [0.25, 0.3) is 11.8 Å². The number of hydrogen-bond donors (Lipinski definition) is 1. The zero-order valence-electron chi connectivity index (χ0n) is 11.6. The van der Waals surface area contributed by atoms with Crippen LogP contribution in [-0.2, 0) is 4.79 Å². The molecule has 3 amide bonds. The van der Waals surface area contributed by atoms with E-state index in [1.807, 2.05) is 12.1 Å². The Hall–Kier alpha value is -2.69. The van der Waals surface area contributed by atoms with Crippen molar-refractivity contribution in [2.75, 3.05) is 13.1 Å². The number of nitrogens with one attached hydrogen (secondary N) is 1. The monoisotopic (exact) mass is 282 g/mol. The molecular formula is C16H14N2O3. The highest BCUT2D eigenvalue weighted by atomic mass is 16.2. The van der Waals surface area contributed by atoms with Gasteiger partial charge in [-0.2, -0.15) is 0 Å². The topological polar surface area (TPSA) is 66.5 Å². The second-order valence-electron chi connectivity index (χ2n) is 4.86. The SMILES string of the molecule is CCNC(=O)CN1C(=O)c2cccc3cccc(c23)C1=O. The maximum atomic E-state index is 12.5. The van der Waals surface area contributed by atoms with Crippen molar-refractivity contribution in [3.05, 3.63) is 47.5 Å². The molecule has 2 aromatic rings. The average Bonchev–Trinajstić information content (AvgIpc) is 2.49. The first-order chi connectivity index (χ1) is 10.1. The van der Waals surface area contributed by atoms with Crippen molar-refractivity contribution in [2.45, 2.75) is 6.92 Å². The van der Waals surface area contributed by atoms with Crippen LogP contribution in [0.5, 0.6) is 0 Å². The molecule has 5 heteroatoms. The number of hydrogen-bond acceptors (Lipinski definition) is 3. The van der Waals surface area contributed by atoms with Crippen LogP contribution in [-0.4, -0.2) is 35.7 Å². The van der Waals surface area contributed by atoms with E-state index < -0.39 is 11.8 Å². The summed E-state index contributed by atoms with van der Waals surface area (Å²) in [7, 11) is 0. The molecule has 0 radical (unpaired) electrons. The van der Waals surface area contributed by atoms with Gasteiger partial charge in [-0.05, 0) is 24.4 Å². The predicted octanol–water partition coefficient (Wildman–Crippen LogP) is 1.57. The Labute approximate surface area is 121 Å². The van der Waals surface area contributed by atoms with Gasteiger partial charge in [-0.3, -0.25) is 19.3 Å². The molecule has 1 aliphatic heterocycles. The number of nitrogens with zero attached hydrogens (tertiary/aromatic N) is 1. The van der Waals surface area contributed by atoms with E-state index in [-0.39, 0.29) is 12.5 Å². The lowest BCUT2D eigenvalue weighted by molar-refractivity contribution is -0.121. The molecule has 3 rings (SSSR count). The Morgan fingerprint density at radius 3 is 2.14 bits per heavy atom.